The van der Waals surface area contributed by atoms with Crippen LogP contribution in [0.25, 0.3) is 17.0 Å². The van der Waals surface area contributed by atoms with Gasteiger partial charge in [-0.1, -0.05) is 30.3 Å². The van der Waals surface area contributed by atoms with E-state index in [1.165, 1.54) is 29.1 Å². The molecule has 2 aromatic carbocycles. The predicted molar refractivity (Wildman–Crippen MR) is 124 cm³/mol. The lowest BCUT2D eigenvalue weighted by molar-refractivity contribution is -0.114. The van der Waals surface area contributed by atoms with Gasteiger partial charge in [0.1, 0.15) is 29.2 Å². The molecule has 0 aliphatic carbocycles. The van der Waals surface area contributed by atoms with Gasteiger partial charge >= 0.3 is 0 Å². The van der Waals surface area contributed by atoms with Gasteiger partial charge in [0.25, 0.3) is 5.91 Å². The molecule has 0 spiro atoms. The Bertz CT molecular complexity index is 1440. The van der Waals surface area contributed by atoms with Crippen molar-refractivity contribution in [3.8, 4) is 5.75 Å². The zero-order valence-electron chi connectivity index (χ0n) is 16.9. The van der Waals surface area contributed by atoms with Crippen LogP contribution < -0.4 is 10.2 Å². The Morgan fingerprint density at radius 1 is 1.16 bits per heavy atom. The Kier molecular flexibility index (Phi) is 4.95. The van der Waals surface area contributed by atoms with Crippen LogP contribution in [0.1, 0.15) is 11.1 Å². The van der Waals surface area contributed by atoms with E-state index in [4.69, 9.17) is 14.6 Å². The van der Waals surface area contributed by atoms with Crippen LogP contribution in [0.5, 0.6) is 5.75 Å². The maximum absolute atomic E-state index is 12.8. The molecular weight excluding hydrogens is 428 g/mol. The highest BCUT2D eigenvalue weighted by atomic mass is 32.2. The summed E-state index contributed by atoms with van der Waals surface area (Å²) in [6.45, 7) is 2.13. The molecule has 0 radical (unpaired) electrons. The van der Waals surface area contributed by atoms with Crippen molar-refractivity contribution < 1.29 is 13.9 Å². The number of para-hydroxylation sites is 2. The van der Waals surface area contributed by atoms with E-state index in [0.29, 0.717) is 16.0 Å². The molecule has 0 saturated heterocycles. The SMILES string of the molecule is Cc1ccccc1OCC1=NN2C(=N)/C(=C/c3coc4ccccc4c3=O)C(=O)N=C2S1. The van der Waals surface area contributed by atoms with Crippen molar-refractivity contribution in [1.29, 1.82) is 5.41 Å². The van der Waals surface area contributed by atoms with Gasteiger partial charge in [-0.25, -0.2) is 0 Å². The lowest BCUT2D eigenvalue weighted by Crippen LogP contribution is -2.35. The van der Waals surface area contributed by atoms with Crippen LogP contribution >= 0.6 is 11.8 Å². The highest BCUT2D eigenvalue weighted by Crippen LogP contribution is 2.29. The average molecular weight is 444 g/mol. The molecule has 158 valence electrons. The van der Waals surface area contributed by atoms with Gasteiger partial charge in [0.05, 0.1) is 16.5 Å². The van der Waals surface area contributed by atoms with Gasteiger partial charge in [0, 0.05) is 0 Å². The maximum atomic E-state index is 12.8. The first-order chi connectivity index (χ1) is 15.5. The molecule has 0 bridgehead atoms. The van der Waals surface area contributed by atoms with E-state index in [-0.39, 0.29) is 34.2 Å². The summed E-state index contributed by atoms with van der Waals surface area (Å²) in [7, 11) is 0. The van der Waals surface area contributed by atoms with Crippen molar-refractivity contribution in [1.82, 2.24) is 5.01 Å². The van der Waals surface area contributed by atoms with Crippen molar-refractivity contribution in [2.75, 3.05) is 6.61 Å². The molecule has 3 aromatic rings. The molecule has 5 rings (SSSR count). The molecule has 0 saturated carbocycles. The fraction of sp³-hybridized carbons (Fsp3) is 0.0870. The topological polar surface area (TPSA) is 108 Å². The van der Waals surface area contributed by atoms with E-state index in [1.807, 2.05) is 31.2 Å². The lowest BCUT2D eigenvalue weighted by atomic mass is 10.1. The highest BCUT2D eigenvalue weighted by Gasteiger charge is 2.36. The second-order valence-corrected chi connectivity index (χ2v) is 8.12. The third kappa shape index (κ3) is 3.52. The van der Waals surface area contributed by atoms with Crippen molar-refractivity contribution >= 4 is 50.8 Å². The number of nitrogens with zero attached hydrogens (tertiary/aromatic N) is 3. The quantitative estimate of drug-likeness (QED) is 0.613. The monoisotopic (exact) mass is 444 g/mol. The smallest absolute Gasteiger partial charge is 0.283 e. The number of ether oxygens (including phenoxy) is 1. The number of rotatable bonds is 4. The van der Waals surface area contributed by atoms with E-state index in [9.17, 15) is 9.59 Å². The number of fused-ring (bicyclic) bond motifs is 2. The molecule has 3 heterocycles. The minimum absolute atomic E-state index is 0.0400. The summed E-state index contributed by atoms with van der Waals surface area (Å²) in [6.07, 6.45) is 2.60. The number of carbonyl (C=O) groups excluding carboxylic acids is 1. The van der Waals surface area contributed by atoms with Crippen LogP contribution in [0, 0.1) is 12.3 Å². The van der Waals surface area contributed by atoms with E-state index in [0.717, 1.165) is 11.3 Å². The largest absolute Gasteiger partial charge is 0.486 e. The van der Waals surface area contributed by atoms with Crippen LogP contribution in [0.2, 0.25) is 0 Å². The van der Waals surface area contributed by atoms with Crippen molar-refractivity contribution in [2.24, 2.45) is 10.1 Å². The summed E-state index contributed by atoms with van der Waals surface area (Å²) in [4.78, 5) is 29.4. The number of aryl methyl sites for hydroxylation is 1. The van der Waals surface area contributed by atoms with Crippen molar-refractivity contribution in [3.63, 3.8) is 0 Å². The zero-order chi connectivity index (χ0) is 22.2. The summed E-state index contributed by atoms with van der Waals surface area (Å²) < 4.78 is 11.3. The number of hydrogen-bond acceptors (Lipinski definition) is 7. The number of hydrogen-bond donors (Lipinski definition) is 1. The van der Waals surface area contributed by atoms with E-state index >= 15 is 0 Å². The summed E-state index contributed by atoms with van der Waals surface area (Å²) in [5, 5.41) is 15.4. The first-order valence-corrected chi connectivity index (χ1v) is 10.5. The minimum atomic E-state index is -0.613. The fourth-order valence-electron chi connectivity index (χ4n) is 3.30. The number of nitrogens with one attached hydrogen (secondary N) is 1. The molecule has 0 unspecified atom stereocenters. The van der Waals surface area contributed by atoms with Gasteiger partial charge in [-0.3, -0.25) is 15.0 Å². The number of hydrazone groups is 1. The van der Waals surface area contributed by atoms with Gasteiger partial charge in [-0.15, -0.1) is 0 Å². The van der Waals surface area contributed by atoms with Gasteiger partial charge in [0.15, 0.2) is 11.3 Å². The molecule has 0 fully saturated rings. The van der Waals surface area contributed by atoms with Gasteiger partial charge in [-0.05, 0) is 48.5 Å². The Morgan fingerprint density at radius 3 is 2.78 bits per heavy atom. The second-order valence-electron chi connectivity index (χ2n) is 7.08. The average Bonchev–Trinajstić information content (AvgIpc) is 3.20. The number of thioether (sulfide) groups is 1. The molecule has 2 aliphatic heterocycles. The summed E-state index contributed by atoms with van der Waals surface area (Å²) in [5.74, 6) is -0.0408. The summed E-state index contributed by atoms with van der Waals surface area (Å²) in [5.41, 5.74) is 1.27. The normalized spacial score (nSPS) is 16.9. The zero-order valence-corrected chi connectivity index (χ0v) is 17.7. The maximum Gasteiger partial charge on any atom is 0.283 e. The number of carbonyl (C=O) groups is 1. The van der Waals surface area contributed by atoms with Crippen molar-refractivity contribution in [3.05, 3.63) is 81.7 Å². The molecule has 1 amide bonds. The Labute approximate surface area is 186 Å². The van der Waals surface area contributed by atoms with E-state index in [2.05, 4.69) is 10.1 Å². The van der Waals surface area contributed by atoms with Crippen molar-refractivity contribution in [2.45, 2.75) is 6.92 Å². The number of amides is 1. The first kappa shape index (κ1) is 20.0. The van der Waals surface area contributed by atoms with Crippen LogP contribution in [0.15, 0.2) is 79.7 Å². The van der Waals surface area contributed by atoms with Crippen LogP contribution in [0.3, 0.4) is 0 Å². The standard InChI is InChI=1S/C23H16N4O4S/c1-13-6-2-4-8-17(13)31-12-19-26-27-21(24)16(22(29)25-23(27)32-19)10-14-11-30-18-9-5-3-7-15(18)20(14)28/h2-11,24H,12H2,1H3/b16-10-,24-21?. The minimum Gasteiger partial charge on any atom is -0.486 e. The Morgan fingerprint density at radius 2 is 1.94 bits per heavy atom. The highest BCUT2D eigenvalue weighted by molar-refractivity contribution is 8.27. The fourth-order valence-corrected chi connectivity index (χ4v) is 4.09. The van der Waals surface area contributed by atoms with Gasteiger partial charge < -0.3 is 9.15 Å². The molecule has 2 aliphatic rings. The summed E-state index contributed by atoms with van der Waals surface area (Å²) >= 11 is 1.17. The molecule has 32 heavy (non-hydrogen) atoms. The number of amidine groups is 2. The third-order valence-electron chi connectivity index (χ3n) is 4.95. The Balaban J connectivity index is 1.42. The van der Waals surface area contributed by atoms with Gasteiger partial charge in [0.2, 0.25) is 5.17 Å². The molecule has 0 atom stereocenters. The van der Waals surface area contributed by atoms with Crippen LogP contribution in [-0.4, -0.2) is 33.6 Å². The molecule has 9 heteroatoms. The van der Waals surface area contributed by atoms with Crippen LogP contribution in [0.4, 0.5) is 0 Å². The van der Waals surface area contributed by atoms with Gasteiger partial charge in [-0.2, -0.15) is 15.1 Å². The second kappa shape index (κ2) is 7.93. The van der Waals surface area contributed by atoms with E-state index in [1.54, 1.807) is 24.3 Å². The Hall–Kier alpha value is -3.98. The number of benzene rings is 2. The summed E-state index contributed by atoms with van der Waals surface area (Å²) in [6, 6.07) is 14.5. The predicted octanol–water partition coefficient (Wildman–Crippen LogP) is 3.80. The molecule has 8 nitrogen and oxygen atoms in total. The lowest BCUT2D eigenvalue weighted by Gasteiger charge is -2.20. The molecule has 1 aromatic heterocycles. The third-order valence-corrected chi connectivity index (χ3v) is 5.83. The molecule has 1 N–H and O–H groups in total. The van der Waals surface area contributed by atoms with Crippen LogP contribution in [-0.2, 0) is 4.79 Å². The van der Waals surface area contributed by atoms with E-state index < -0.39 is 5.91 Å². The number of aliphatic imine (C=N–C) groups is 1. The first-order valence-electron chi connectivity index (χ1n) is 9.69. The molecular formula is C23H16N4O4S.